The van der Waals surface area contributed by atoms with E-state index in [0.717, 1.165) is 6.42 Å². The number of hydrogen-bond donors (Lipinski definition) is 0. The molecule has 1 atom stereocenters. The van der Waals surface area contributed by atoms with E-state index < -0.39 is 0 Å². The summed E-state index contributed by atoms with van der Waals surface area (Å²) in [5.41, 5.74) is 0. The van der Waals surface area contributed by atoms with Crippen LogP contribution < -0.4 is 0 Å². The predicted molar refractivity (Wildman–Crippen MR) is 56.5 cm³/mol. The van der Waals surface area contributed by atoms with E-state index in [0.29, 0.717) is 0 Å². The Hall–Kier alpha value is -0.550. The molecule has 76 valence electrons. The maximum atomic E-state index is 8.81. The highest BCUT2D eigenvalue weighted by molar-refractivity contribution is 4.88. The summed E-state index contributed by atoms with van der Waals surface area (Å²) in [5, 5.41) is 8.81. The molecule has 0 rings (SSSR count). The van der Waals surface area contributed by atoms with Gasteiger partial charge in [0.15, 0.2) is 0 Å². The zero-order chi connectivity index (χ0) is 10.1. The van der Waals surface area contributed by atoms with Crippen LogP contribution in [0.25, 0.3) is 0 Å². The summed E-state index contributed by atoms with van der Waals surface area (Å²) in [7, 11) is 3.94. The SMILES string of the molecule is CCCCCCCC(C#N)N(C)C. The first kappa shape index (κ1) is 12.4. The molecule has 1 unspecified atom stereocenters. The van der Waals surface area contributed by atoms with Crippen LogP contribution in [-0.4, -0.2) is 25.0 Å². The molecule has 0 bridgehead atoms. The highest BCUT2D eigenvalue weighted by atomic mass is 15.1. The van der Waals surface area contributed by atoms with Gasteiger partial charge in [-0.05, 0) is 20.5 Å². The zero-order valence-corrected chi connectivity index (χ0v) is 9.21. The molecule has 2 heteroatoms. The van der Waals surface area contributed by atoms with E-state index in [1.807, 2.05) is 19.0 Å². The van der Waals surface area contributed by atoms with E-state index in [-0.39, 0.29) is 6.04 Å². The molecule has 0 aromatic rings. The lowest BCUT2D eigenvalue weighted by Gasteiger charge is -2.16. The lowest BCUT2D eigenvalue weighted by Crippen LogP contribution is -2.25. The minimum atomic E-state index is 0.113. The van der Waals surface area contributed by atoms with Crippen molar-refractivity contribution >= 4 is 0 Å². The fraction of sp³-hybridized carbons (Fsp3) is 0.909. The van der Waals surface area contributed by atoms with Crippen molar-refractivity contribution in [1.82, 2.24) is 4.90 Å². The van der Waals surface area contributed by atoms with Crippen LogP contribution in [0, 0.1) is 11.3 Å². The standard InChI is InChI=1S/C11H22N2/c1-4-5-6-7-8-9-11(10-12)13(2)3/h11H,4-9H2,1-3H3. The Morgan fingerprint density at radius 2 is 1.77 bits per heavy atom. The van der Waals surface area contributed by atoms with Crippen LogP contribution in [0.5, 0.6) is 0 Å². The zero-order valence-electron chi connectivity index (χ0n) is 9.21. The second-order valence-electron chi connectivity index (χ2n) is 3.81. The maximum Gasteiger partial charge on any atom is 0.0972 e. The molecule has 0 spiro atoms. The predicted octanol–water partition coefficient (Wildman–Crippen LogP) is 2.80. The molecule has 0 N–H and O–H groups in total. The largest absolute Gasteiger partial charge is 0.294 e. The van der Waals surface area contributed by atoms with Gasteiger partial charge in [-0.15, -0.1) is 0 Å². The molecule has 0 aliphatic carbocycles. The van der Waals surface area contributed by atoms with Gasteiger partial charge in [0.1, 0.15) is 0 Å². The topological polar surface area (TPSA) is 27.0 Å². The summed E-state index contributed by atoms with van der Waals surface area (Å²) in [6, 6.07) is 2.43. The van der Waals surface area contributed by atoms with Gasteiger partial charge < -0.3 is 0 Å². The Bertz CT molecular complexity index is 147. The van der Waals surface area contributed by atoms with Crippen molar-refractivity contribution in [3.8, 4) is 6.07 Å². The number of hydrogen-bond acceptors (Lipinski definition) is 2. The van der Waals surface area contributed by atoms with Crippen LogP contribution in [0.1, 0.15) is 45.4 Å². The number of rotatable bonds is 7. The van der Waals surface area contributed by atoms with E-state index in [1.165, 1.54) is 32.1 Å². The minimum Gasteiger partial charge on any atom is -0.294 e. The second kappa shape index (κ2) is 8.07. The third-order valence-electron chi connectivity index (χ3n) is 2.35. The van der Waals surface area contributed by atoms with Crippen molar-refractivity contribution in [2.75, 3.05) is 14.1 Å². The van der Waals surface area contributed by atoms with Gasteiger partial charge in [-0.1, -0.05) is 39.0 Å². The van der Waals surface area contributed by atoms with E-state index in [2.05, 4.69) is 13.0 Å². The number of nitrogens with zero attached hydrogens (tertiary/aromatic N) is 2. The summed E-state index contributed by atoms with van der Waals surface area (Å²) >= 11 is 0. The Labute approximate surface area is 82.5 Å². The summed E-state index contributed by atoms with van der Waals surface area (Å²) in [4.78, 5) is 2.00. The van der Waals surface area contributed by atoms with Crippen molar-refractivity contribution in [3.63, 3.8) is 0 Å². The first-order chi connectivity index (χ1) is 6.22. The molecule has 0 saturated heterocycles. The highest BCUT2D eigenvalue weighted by Crippen LogP contribution is 2.09. The number of nitriles is 1. The molecule has 2 nitrogen and oxygen atoms in total. The van der Waals surface area contributed by atoms with Gasteiger partial charge in [0, 0.05) is 0 Å². The Balaban J connectivity index is 3.35. The molecule has 0 heterocycles. The van der Waals surface area contributed by atoms with Gasteiger partial charge in [0.25, 0.3) is 0 Å². The van der Waals surface area contributed by atoms with Gasteiger partial charge in [0.2, 0.25) is 0 Å². The van der Waals surface area contributed by atoms with Crippen LogP contribution >= 0.6 is 0 Å². The fourth-order valence-electron chi connectivity index (χ4n) is 1.38. The minimum absolute atomic E-state index is 0.113. The lowest BCUT2D eigenvalue weighted by molar-refractivity contribution is 0.326. The summed E-state index contributed by atoms with van der Waals surface area (Å²) in [5.74, 6) is 0. The van der Waals surface area contributed by atoms with Crippen LogP contribution in [0.3, 0.4) is 0 Å². The molecule has 0 saturated carbocycles. The average Bonchev–Trinajstić information content (AvgIpc) is 2.10. The summed E-state index contributed by atoms with van der Waals surface area (Å²) < 4.78 is 0. The third-order valence-corrected chi connectivity index (χ3v) is 2.35. The van der Waals surface area contributed by atoms with Crippen LogP contribution in [0.4, 0.5) is 0 Å². The van der Waals surface area contributed by atoms with Crippen molar-refractivity contribution in [2.24, 2.45) is 0 Å². The Morgan fingerprint density at radius 1 is 1.15 bits per heavy atom. The van der Waals surface area contributed by atoms with Crippen molar-refractivity contribution in [3.05, 3.63) is 0 Å². The van der Waals surface area contributed by atoms with Crippen LogP contribution in [0.2, 0.25) is 0 Å². The first-order valence-corrected chi connectivity index (χ1v) is 5.28. The van der Waals surface area contributed by atoms with Crippen molar-refractivity contribution in [1.29, 1.82) is 5.26 Å². The molecular formula is C11H22N2. The molecule has 0 aliphatic rings. The summed E-state index contributed by atoms with van der Waals surface area (Å²) in [6.45, 7) is 2.22. The van der Waals surface area contributed by atoms with E-state index in [9.17, 15) is 0 Å². The molecule has 0 amide bonds. The Morgan fingerprint density at radius 3 is 2.23 bits per heavy atom. The van der Waals surface area contributed by atoms with Crippen LogP contribution in [-0.2, 0) is 0 Å². The monoisotopic (exact) mass is 182 g/mol. The van der Waals surface area contributed by atoms with Gasteiger partial charge in [-0.2, -0.15) is 5.26 Å². The highest BCUT2D eigenvalue weighted by Gasteiger charge is 2.08. The maximum absolute atomic E-state index is 8.81. The van der Waals surface area contributed by atoms with Gasteiger partial charge >= 0.3 is 0 Å². The van der Waals surface area contributed by atoms with E-state index in [4.69, 9.17) is 5.26 Å². The Kier molecular flexibility index (Phi) is 7.73. The van der Waals surface area contributed by atoms with Crippen LogP contribution in [0.15, 0.2) is 0 Å². The first-order valence-electron chi connectivity index (χ1n) is 5.28. The lowest BCUT2D eigenvalue weighted by atomic mass is 10.1. The smallest absolute Gasteiger partial charge is 0.0972 e. The molecule has 0 fully saturated rings. The van der Waals surface area contributed by atoms with Gasteiger partial charge in [-0.25, -0.2) is 0 Å². The molecule has 0 aliphatic heterocycles. The number of unbranched alkanes of at least 4 members (excludes halogenated alkanes) is 4. The quantitative estimate of drug-likeness (QED) is 0.566. The third kappa shape index (κ3) is 6.60. The normalized spacial score (nSPS) is 12.8. The van der Waals surface area contributed by atoms with E-state index >= 15 is 0 Å². The second-order valence-corrected chi connectivity index (χ2v) is 3.81. The fourth-order valence-corrected chi connectivity index (χ4v) is 1.38. The summed E-state index contributed by atoms with van der Waals surface area (Å²) in [6.07, 6.45) is 7.43. The van der Waals surface area contributed by atoms with Gasteiger partial charge in [0.05, 0.1) is 12.1 Å². The van der Waals surface area contributed by atoms with Crippen molar-refractivity contribution < 1.29 is 0 Å². The molecule has 0 aromatic carbocycles. The molecule has 0 radical (unpaired) electrons. The molecule has 13 heavy (non-hydrogen) atoms. The van der Waals surface area contributed by atoms with E-state index in [1.54, 1.807) is 0 Å². The van der Waals surface area contributed by atoms with Crippen molar-refractivity contribution in [2.45, 2.75) is 51.5 Å². The van der Waals surface area contributed by atoms with Gasteiger partial charge in [-0.3, -0.25) is 4.90 Å². The average molecular weight is 182 g/mol. The molecular weight excluding hydrogens is 160 g/mol. The molecule has 0 aromatic heterocycles.